The molecule has 0 bridgehead atoms. The van der Waals surface area contributed by atoms with Crippen molar-refractivity contribution in [1.29, 1.82) is 0 Å². The van der Waals surface area contributed by atoms with E-state index < -0.39 is 17.5 Å². The smallest absolute Gasteiger partial charge is 0.323 e. The van der Waals surface area contributed by atoms with Crippen LogP contribution < -0.4 is 10.6 Å². The van der Waals surface area contributed by atoms with E-state index in [-0.39, 0.29) is 12.5 Å². The summed E-state index contributed by atoms with van der Waals surface area (Å²) in [6, 6.07) is 12.7. The van der Waals surface area contributed by atoms with Gasteiger partial charge in [0.25, 0.3) is 5.91 Å². The first-order valence-corrected chi connectivity index (χ1v) is 9.98. The number of imide groups is 1. The molecule has 1 heterocycles. The molecule has 2 aromatic rings. The quantitative estimate of drug-likeness (QED) is 0.715. The number of hydrogen-bond donors (Lipinski definition) is 2. The van der Waals surface area contributed by atoms with Gasteiger partial charge in [0.2, 0.25) is 5.91 Å². The highest BCUT2D eigenvalue weighted by molar-refractivity contribution is 9.10. The molecule has 2 aromatic carbocycles. The number of amides is 4. The minimum Gasteiger partial charge on any atom is -0.323 e. The van der Waals surface area contributed by atoms with Crippen molar-refractivity contribution in [1.82, 2.24) is 10.2 Å². The van der Waals surface area contributed by atoms with Crippen LogP contribution in [0, 0.1) is 6.92 Å². The zero-order chi connectivity index (χ0) is 19.9. The van der Waals surface area contributed by atoms with Crippen LogP contribution in [-0.2, 0) is 21.5 Å². The van der Waals surface area contributed by atoms with Gasteiger partial charge in [-0.05, 0) is 70.9 Å². The molecule has 2 aliphatic rings. The summed E-state index contributed by atoms with van der Waals surface area (Å²) in [5.41, 5.74) is 2.50. The van der Waals surface area contributed by atoms with E-state index >= 15 is 0 Å². The van der Waals surface area contributed by atoms with Crippen molar-refractivity contribution in [3.05, 3.63) is 63.6 Å². The number of carbonyl (C=O) groups is 3. The van der Waals surface area contributed by atoms with Crippen LogP contribution in [0.1, 0.15) is 29.5 Å². The number of hydrogen-bond acceptors (Lipinski definition) is 3. The molecule has 1 aliphatic carbocycles. The van der Waals surface area contributed by atoms with E-state index in [1.54, 1.807) is 6.07 Å². The van der Waals surface area contributed by atoms with Crippen molar-refractivity contribution >= 4 is 39.5 Å². The van der Waals surface area contributed by atoms with E-state index in [0.717, 1.165) is 38.9 Å². The Hall–Kier alpha value is -2.67. The van der Waals surface area contributed by atoms with Gasteiger partial charge < -0.3 is 10.6 Å². The normalized spacial score (nSPS) is 20.9. The molecular weight excluding hydrogens is 422 g/mol. The number of anilines is 1. The maximum Gasteiger partial charge on any atom is 0.325 e. The molecule has 144 valence electrons. The van der Waals surface area contributed by atoms with Crippen molar-refractivity contribution in [2.45, 2.75) is 31.7 Å². The van der Waals surface area contributed by atoms with Gasteiger partial charge in [-0.1, -0.05) is 30.3 Å². The predicted octanol–water partition coefficient (Wildman–Crippen LogP) is 3.48. The Labute approximate surface area is 171 Å². The van der Waals surface area contributed by atoms with Crippen LogP contribution in [0.15, 0.2) is 46.9 Å². The summed E-state index contributed by atoms with van der Waals surface area (Å²) in [5, 5.41) is 5.62. The minimum atomic E-state index is -1.06. The Balaban J connectivity index is 1.55. The van der Waals surface area contributed by atoms with Crippen LogP contribution in [0.2, 0.25) is 0 Å². The first-order chi connectivity index (χ1) is 13.4. The Bertz CT molecular complexity index is 991. The Kier molecular flexibility index (Phi) is 4.71. The third kappa shape index (κ3) is 3.09. The number of urea groups is 1. The van der Waals surface area contributed by atoms with E-state index in [2.05, 4.69) is 26.6 Å². The van der Waals surface area contributed by atoms with Gasteiger partial charge in [0, 0.05) is 4.47 Å². The van der Waals surface area contributed by atoms with Gasteiger partial charge in [-0.2, -0.15) is 0 Å². The van der Waals surface area contributed by atoms with Crippen molar-refractivity contribution in [3.63, 3.8) is 0 Å². The van der Waals surface area contributed by atoms with Crippen LogP contribution >= 0.6 is 15.9 Å². The number of halogens is 1. The van der Waals surface area contributed by atoms with Crippen LogP contribution in [0.4, 0.5) is 10.5 Å². The van der Waals surface area contributed by atoms with Crippen LogP contribution in [0.3, 0.4) is 0 Å². The standard InChI is InChI=1S/C21H20BrN3O3/c1-13-8-9-17(16(22)11-13)23-18(26)12-25-19(27)21(24-20(25)28)10-4-6-14-5-2-3-7-15(14)21/h2-3,5,7-9,11H,4,6,10,12H2,1H3,(H,23,26)(H,24,28). The largest absolute Gasteiger partial charge is 0.325 e. The van der Waals surface area contributed by atoms with Gasteiger partial charge >= 0.3 is 6.03 Å². The summed E-state index contributed by atoms with van der Waals surface area (Å²) in [6.45, 7) is 1.62. The highest BCUT2D eigenvalue weighted by Gasteiger charge is 2.54. The van der Waals surface area contributed by atoms with Crippen molar-refractivity contribution in [2.24, 2.45) is 0 Å². The molecule has 1 unspecified atom stereocenters. The molecular formula is C21H20BrN3O3. The fourth-order valence-electron chi connectivity index (χ4n) is 4.01. The van der Waals surface area contributed by atoms with Gasteiger partial charge in [0.15, 0.2) is 0 Å². The minimum absolute atomic E-state index is 0.325. The maximum atomic E-state index is 13.2. The first-order valence-electron chi connectivity index (χ1n) is 9.19. The molecule has 1 fully saturated rings. The van der Waals surface area contributed by atoms with Gasteiger partial charge in [0.05, 0.1) is 5.69 Å². The van der Waals surface area contributed by atoms with E-state index in [1.807, 2.05) is 43.3 Å². The monoisotopic (exact) mass is 441 g/mol. The van der Waals surface area contributed by atoms with Crippen molar-refractivity contribution in [3.8, 4) is 0 Å². The number of nitrogens with zero attached hydrogens (tertiary/aromatic N) is 1. The van der Waals surface area contributed by atoms with Gasteiger partial charge in [0.1, 0.15) is 12.1 Å². The topological polar surface area (TPSA) is 78.5 Å². The zero-order valence-corrected chi connectivity index (χ0v) is 17.0. The molecule has 6 nitrogen and oxygen atoms in total. The second-order valence-electron chi connectivity index (χ2n) is 7.27. The van der Waals surface area contributed by atoms with Crippen LogP contribution in [0.25, 0.3) is 0 Å². The lowest BCUT2D eigenvalue weighted by molar-refractivity contribution is -0.134. The summed E-state index contributed by atoms with van der Waals surface area (Å²) >= 11 is 3.41. The summed E-state index contributed by atoms with van der Waals surface area (Å²) < 4.78 is 0.746. The molecule has 28 heavy (non-hydrogen) atoms. The van der Waals surface area contributed by atoms with Gasteiger partial charge in [-0.25, -0.2) is 4.79 Å². The number of benzene rings is 2. The Morgan fingerprint density at radius 2 is 2.04 bits per heavy atom. The summed E-state index contributed by atoms with van der Waals surface area (Å²) in [4.78, 5) is 39.3. The maximum absolute atomic E-state index is 13.2. The predicted molar refractivity (Wildman–Crippen MR) is 109 cm³/mol. The molecule has 0 radical (unpaired) electrons. The van der Waals surface area contributed by atoms with E-state index in [9.17, 15) is 14.4 Å². The van der Waals surface area contributed by atoms with E-state index in [1.165, 1.54) is 0 Å². The lowest BCUT2D eigenvalue weighted by Crippen LogP contribution is -2.47. The summed E-state index contributed by atoms with van der Waals surface area (Å²) in [6.07, 6.45) is 2.22. The van der Waals surface area contributed by atoms with Crippen LogP contribution in [0.5, 0.6) is 0 Å². The number of aryl methyl sites for hydroxylation is 2. The molecule has 4 rings (SSSR count). The molecule has 1 saturated heterocycles. The van der Waals surface area contributed by atoms with Crippen LogP contribution in [-0.4, -0.2) is 29.3 Å². The molecule has 0 saturated carbocycles. The fraction of sp³-hybridized carbons (Fsp3) is 0.286. The second kappa shape index (κ2) is 7.05. The number of nitrogens with one attached hydrogen (secondary N) is 2. The third-order valence-electron chi connectivity index (χ3n) is 5.35. The van der Waals surface area contributed by atoms with E-state index in [4.69, 9.17) is 0 Å². The summed E-state index contributed by atoms with van der Waals surface area (Å²) in [7, 11) is 0. The van der Waals surface area contributed by atoms with Gasteiger partial charge in [-0.15, -0.1) is 0 Å². The average Bonchev–Trinajstić information content (AvgIpc) is 2.89. The highest BCUT2D eigenvalue weighted by Crippen LogP contribution is 2.39. The SMILES string of the molecule is Cc1ccc(NC(=O)CN2C(=O)NC3(CCCc4ccccc43)C2=O)c(Br)c1. The third-order valence-corrected chi connectivity index (χ3v) is 6.01. The number of rotatable bonds is 3. The molecule has 7 heteroatoms. The molecule has 1 atom stereocenters. The lowest BCUT2D eigenvalue weighted by atomic mass is 9.76. The molecule has 1 spiro atoms. The highest BCUT2D eigenvalue weighted by atomic mass is 79.9. The average molecular weight is 442 g/mol. The number of carbonyl (C=O) groups excluding carboxylic acids is 3. The van der Waals surface area contributed by atoms with Gasteiger partial charge in [-0.3, -0.25) is 14.5 Å². The Morgan fingerprint density at radius 3 is 2.82 bits per heavy atom. The molecule has 2 N–H and O–H groups in total. The molecule has 1 aliphatic heterocycles. The summed E-state index contributed by atoms with van der Waals surface area (Å²) in [5.74, 6) is -0.781. The molecule has 4 amide bonds. The van der Waals surface area contributed by atoms with Crippen molar-refractivity contribution in [2.75, 3.05) is 11.9 Å². The fourth-order valence-corrected chi connectivity index (χ4v) is 4.60. The first kappa shape index (κ1) is 18.7. The second-order valence-corrected chi connectivity index (χ2v) is 8.12. The van der Waals surface area contributed by atoms with Crippen molar-refractivity contribution < 1.29 is 14.4 Å². The molecule has 0 aromatic heterocycles. The zero-order valence-electron chi connectivity index (χ0n) is 15.4. The Morgan fingerprint density at radius 1 is 1.25 bits per heavy atom. The van der Waals surface area contributed by atoms with E-state index in [0.29, 0.717) is 12.1 Å². The number of fused-ring (bicyclic) bond motifs is 2. The lowest BCUT2D eigenvalue weighted by Gasteiger charge is -2.33.